The summed E-state index contributed by atoms with van der Waals surface area (Å²) >= 11 is 4.07. The van der Waals surface area contributed by atoms with Gasteiger partial charge in [-0.25, -0.2) is 4.98 Å². The zero-order chi connectivity index (χ0) is 11.5. The number of anilines is 1. The summed E-state index contributed by atoms with van der Waals surface area (Å²) in [6.45, 7) is 4.19. The van der Waals surface area contributed by atoms with Crippen LogP contribution in [0.2, 0.25) is 0 Å². The number of hydrogen-bond acceptors (Lipinski definition) is 3. The zero-order valence-corrected chi connectivity index (χ0v) is 12.2. The largest absolute Gasteiger partial charge is 0.378 e. The number of nitrogens with one attached hydrogen (secondary N) is 1. The summed E-state index contributed by atoms with van der Waals surface area (Å²) in [5.41, 5.74) is 1.16. The molecule has 1 atom stereocenters. The summed E-state index contributed by atoms with van der Waals surface area (Å²) in [7, 11) is 0. The molecule has 0 saturated heterocycles. The average molecular weight is 344 g/mol. The number of halogens is 1. The highest BCUT2D eigenvalue weighted by molar-refractivity contribution is 14.1. The van der Waals surface area contributed by atoms with Gasteiger partial charge in [-0.2, -0.15) is 0 Å². The van der Waals surface area contributed by atoms with Crippen LogP contribution in [0, 0.1) is 10.5 Å². The van der Waals surface area contributed by atoms with Crippen molar-refractivity contribution in [2.75, 3.05) is 5.32 Å². The standard InChI is InChI=1S/C12H13IN2S/c1-8(12-7-14-9(2)16-12)15-11-5-3-4-10(13)6-11/h3-8,15H,1-2H3. The quantitative estimate of drug-likeness (QED) is 0.843. The number of thiazole rings is 1. The van der Waals surface area contributed by atoms with Gasteiger partial charge in [0.1, 0.15) is 0 Å². The lowest BCUT2D eigenvalue weighted by atomic mass is 10.2. The molecule has 0 saturated carbocycles. The van der Waals surface area contributed by atoms with Crippen LogP contribution in [0.1, 0.15) is 22.9 Å². The van der Waals surface area contributed by atoms with Crippen LogP contribution in [0.4, 0.5) is 5.69 Å². The molecular weight excluding hydrogens is 331 g/mol. The van der Waals surface area contributed by atoms with Gasteiger partial charge in [0.25, 0.3) is 0 Å². The van der Waals surface area contributed by atoms with Gasteiger partial charge in [-0.3, -0.25) is 0 Å². The number of benzene rings is 1. The van der Waals surface area contributed by atoms with Crippen LogP contribution in [0.15, 0.2) is 30.5 Å². The molecule has 2 rings (SSSR count). The van der Waals surface area contributed by atoms with Gasteiger partial charge in [0.15, 0.2) is 0 Å². The van der Waals surface area contributed by atoms with Crippen LogP contribution >= 0.6 is 33.9 Å². The Labute approximate surface area is 113 Å². The third kappa shape index (κ3) is 2.95. The van der Waals surface area contributed by atoms with Gasteiger partial charge in [0.05, 0.1) is 11.0 Å². The Hall–Kier alpha value is -0.620. The third-order valence-electron chi connectivity index (χ3n) is 2.27. The monoisotopic (exact) mass is 344 g/mol. The van der Waals surface area contributed by atoms with Crippen molar-refractivity contribution in [3.63, 3.8) is 0 Å². The van der Waals surface area contributed by atoms with Crippen LogP contribution in [-0.2, 0) is 0 Å². The van der Waals surface area contributed by atoms with E-state index in [4.69, 9.17) is 0 Å². The van der Waals surface area contributed by atoms with Crippen molar-refractivity contribution in [3.8, 4) is 0 Å². The first-order chi connectivity index (χ1) is 7.65. The molecule has 1 unspecified atom stereocenters. The minimum atomic E-state index is 0.310. The predicted octanol–water partition coefficient (Wildman–Crippen LogP) is 4.23. The maximum absolute atomic E-state index is 4.27. The Balaban J connectivity index is 2.10. The fraction of sp³-hybridized carbons (Fsp3) is 0.250. The lowest BCUT2D eigenvalue weighted by Crippen LogP contribution is -2.04. The topological polar surface area (TPSA) is 24.9 Å². The Morgan fingerprint density at radius 2 is 2.25 bits per heavy atom. The van der Waals surface area contributed by atoms with Crippen LogP contribution < -0.4 is 5.32 Å². The third-order valence-corrected chi connectivity index (χ3v) is 4.04. The molecule has 0 aliphatic heterocycles. The molecule has 4 heteroatoms. The summed E-state index contributed by atoms with van der Waals surface area (Å²) < 4.78 is 1.25. The molecule has 1 heterocycles. The Morgan fingerprint density at radius 1 is 1.44 bits per heavy atom. The molecule has 2 nitrogen and oxygen atoms in total. The van der Waals surface area contributed by atoms with Gasteiger partial charge < -0.3 is 5.32 Å². The lowest BCUT2D eigenvalue weighted by Gasteiger charge is -2.13. The first kappa shape index (κ1) is 11.9. The van der Waals surface area contributed by atoms with Crippen molar-refractivity contribution in [3.05, 3.63) is 43.9 Å². The van der Waals surface area contributed by atoms with E-state index in [1.54, 1.807) is 11.3 Å². The van der Waals surface area contributed by atoms with E-state index >= 15 is 0 Å². The second-order valence-electron chi connectivity index (χ2n) is 3.66. The number of aryl methyl sites for hydroxylation is 1. The molecule has 0 aliphatic rings. The first-order valence-corrected chi connectivity index (χ1v) is 6.99. The SMILES string of the molecule is Cc1ncc(C(C)Nc2cccc(I)c2)s1. The molecule has 0 amide bonds. The summed E-state index contributed by atoms with van der Waals surface area (Å²) in [4.78, 5) is 5.55. The van der Waals surface area contributed by atoms with Crippen molar-refractivity contribution in [2.24, 2.45) is 0 Å². The van der Waals surface area contributed by atoms with E-state index in [1.165, 1.54) is 8.45 Å². The molecule has 1 aromatic carbocycles. The highest BCUT2D eigenvalue weighted by Gasteiger charge is 2.08. The van der Waals surface area contributed by atoms with Crippen LogP contribution in [0.3, 0.4) is 0 Å². The van der Waals surface area contributed by atoms with Crippen molar-refractivity contribution in [2.45, 2.75) is 19.9 Å². The van der Waals surface area contributed by atoms with Crippen LogP contribution in [-0.4, -0.2) is 4.98 Å². The van der Waals surface area contributed by atoms with Gasteiger partial charge in [-0.05, 0) is 54.6 Å². The molecule has 0 spiro atoms. The van der Waals surface area contributed by atoms with E-state index in [0.29, 0.717) is 6.04 Å². The average Bonchev–Trinajstić information content (AvgIpc) is 2.65. The second-order valence-corrected chi connectivity index (χ2v) is 6.17. The first-order valence-electron chi connectivity index (χ1n) is 5.09. The minimum absolute atomic E-state index is 0.310. The zero-order valence-electron chi connectivity index (χ0n) is 9.20. The van der Waals surface area contributed by atoms with Gasteiger partial charge in [0, 0.05) is 20.3 Å². The molecule has 1 N–H and O–H groups in total. The van der Waals surface area contributed by atoms with Crippen molar-refractivity contribution in [1.29, 1.82) is 0 Å². The van der Waals surface area contributed by atoms with E-state index in [0.717, 1.165) is 10.7 Å². The maximum Gasteiger partial charge on any atom is 0.0897 e. The van der Waals surface area contributed by atoms with E-state index in [1.807, 2.05) is 13.1 Å². The van der Waals surface area contributed by atoms with Gasteiger partial charge in [-0.15, -0.1) is 11.3 Å². The molecular formula is C12H13IN2S. The molecule has 84 valence electrons. The number of aromatic nitrogens is 1. The smallest absolute Gasteiger partial charge is 0.0897 e. The molecule has 0 aliphatic carbocycles. The molecule has 0 bridgehead atoms. The van der Waals surface area contributed by atoms with Crippen LogP contribution in [0.5, 0.6) is 0 Å². The fourth-order valence-corrected chi connectivity index (χ4v) is 2.81. The fourth-order valence-electron chi connectivity index (χ4n) is 1.48. The normalized spacial score (nSPS) is 12.4. The molecule has 16 heavy (non-hydrogen) atoms. The summed E-state index contributed by atoms with van der Waals surface area (Å²) in [5, 5.41) is 4.59. The lowest BCUT2D eigenvalue weighted by molar-refractivity contribution is 0.903. The second kappa shape index (κ2) is 5.14. The van der Waals surface area contributed by atoms with Crippen molar-refractivity contribution in [1.82, 2.24) is 4.98 Å². The Morgan fingerprint density at radius 3 is 2.88 bits per heavy atom. The summed E-state index contributed by atoms with van der Waals surface area (Å²) in [6, 6.07) is 8.70. The maximum atomic E-state index is 4.27. The number of nitrogens with zero attached hydrogens (tertiary/aromatic N) is 1. The highest BCUT2D eigenvalue weighted by Crippen LogP contribution is 2.24. The minimum Gasteiger partial charge on any atom is -0.378 e. The van der Waals surface area contributed by atoms with E-state index in [2.05, 4.69) is 64.1 Å². The Kier molecular flexibility index (Phi) is 3.81. The summed E-state index contributed by atoms with van der Waals surface area (Å²) in [5.74, 6) is 0. The van der Waals surface area contributed by atoms with Crippen molar-refractivity contribution < 1.29 is 0 Å². The van der Waals surface area contributed by atoms with Crippen molar-refractivity contribution >= 4 is 39.6 Å². The van der Waals surface area contributed by atoms with E-state index < -0.39 is 0 Å². The number of hydrogen-bond donors (Lipinski definition) is 1. The summed E-state index contributed by atoms with van der Waals surface area (Å²) in [6.07, 6.45) is 1.95. The molecule has 0 fully saturated rings. The molecule has 0 radical (unpaired) electrons. The van der Waals surface area contributed by atoms with Crippen LogP contribution in [0.25, 0.3) is 0 Å². The highest BCUT2D eigenvalue weighted by atomic mass is 127. The van der Waals surface area contributed by atoms with E-state index in [9.17, 15) is 0 Å². The number of rotatable bonds is 3. The molecule has 2 aromatic rings. The Bertz CT molecular complexity index is 481. The van der Waals surface area contributed by atoms with Gasteiger partial charge in [-0.1, -0.05) is 6.07 Å². The van der Waals surface area contributed by atoms with Gasteiger partial charge >= 0.3 is 0 Å². The predicted molar refractivity (Wildman–Crippen MR) is 78.0 cm³/mol. The molecule has 1 aromatic heterocycles. The van der Waals surface area contributed by atoms with Gasteiger partial charge in [0.2, 0.25) is 0 Å². The van der Waals surface area contributed by atoms with E-state index in [-0.39, 0.29) is 0 Å².